The fourth-order valence-corrected chi connectivity index (χ4v) is 5.60. The first-order valence-corrected chi connectivity index (χ1v) is 13.9. The van der Waals surface area contributed by atoms with Crippen LogP contribution in [-0.4, -0.2) is 56.2 Å². The van der Waals surface area contributed by atoms with E-state index in [1.165, 1.54) is 30.6 Å². The molecule has 2 aliphatic rings. The highest BCUT2D eigenvalue weighted by Gasteiger charge is 2.31. The van der Waals surface area contributed by atoms with Gasteiger partial charge in [-0.1, -0.05) is 6.07 Å². The van der Waals surface area contributed by atoms with Crippen molar-refractivity contribution in [2.24, 2.45) is 0 Å². The van der Waals surface area contributed by atoms with E-state index in [-0.39, 0.29) is 58.7 Å². The number of amides is 1. The van der Waals surface area contributed by atoms with Crippen LogP contribution in [0.3, 0.4) is 0 Å². The van der Waals surface area contributed by atoms with Gasteiger partial charge in [-0.3, -0.25) is 4.79 Å². The Labute approximate surface area is 244 Å². The van der Waals surface area contributed by atoms with E-state index >= 15 is 4.39 Å². The summed E-state index contributed by atoms with van der Waals surface area (Å²) in [6, 6.07) is 9.04. The Morgan fingerprint density at radius 2 is 2.00 bits per heavy atom. The van der Waals surface area contributed by atoms with Gasteiger partial charge in [0.1, 0.15) is 41.0 Å². The van der Waals surface area contributed by atoms with Crippen LogP contribution in [0.2, 0.25) is 0 Å². The lowest BCUT2D eigenvalue weighted by atomic mass is 10.0. The number of ether oxygens (including phenoxy) is 1. The van der Waals surface area contributed by atoms with Gasteiger partial charge < -0.3 is 20.7 Å². The quantitative estimate of drug-likeness (QED) is 0.246. The molecule has 4 aromatic rings. The number of benzene rings is 2. The highest BCUT2D eigenvalue weighted by molar-refractivity contribution is 5.99. The van der Waals surface area contributed by atoms with Gasteiger partial charge in [0.25, 0.3) is 5.91 Å². The number of carbonyl (C=O) groups is 1. The van der Waals surface area contributed by atoms with Crippen LogP contribution >= 0.6 is 0 Å². The lowest BCUT2D eigenvalue weighted by Crippen LogP contribution is -2.41. The average Bonchev–Trinajstić information content (AvgIpc) is 3.67. The van der Waals surface area contributed by atoms with Gasteiger partial charge in [-0.25, -0.2) is 23.4 Å². The molecule has 0 spiro atoms. The molecule has 4 heterocycles. The Morgan fingerprint density at radius 3 is 2.77 bits per heavy atom. The Hall–Kier alpha value is -4.96. The van der Waals surface area contributed by atoms with Crippen LogP contribution in [0.5, 0.6) is 11.5 Å². The summed E-state index contributed by atoms with van der Waals surface area (Å²) in [5.74, 6) is -3.70. The molecule has 2 fully saturated rings. The number of carbonyl (C=O) groups excluding carboxylic acids is 1. The van der Waals surface area contributed by atoms with E-state index in [9.17, 15) is 18.8 Å². The zero-order valence-corrected chi connectivity index (χ0v) is 22.9. The Balaban J connectivity index is 1.31. The van der Waals surface area contributed by atoms with Crippen LogP contribution in [0.4, 0.5) is 19.0 Å². The molecule has 2 aromatic heterocycles. The molecule has 0 radical (unpaired) electrons. The van der Waals surface area contributed by atoms with E-state index in [0.717, 1.165) is 31.5 Å². The number of nitrogens with zero attached hydrogens (tertiary/aromatic N) is 6. The molecule has 2 aromatic carbocycles. The summed E-state index contributed by atoms with van der Waals surface area (Å²) in [5, 5.41) is 18.0. The summed E-state index contributed by atoms with van der Waals surface area (Å²) in [4.78, 5) is 23.4. The Bertz CT molecular complexity index is 1780. The van der Waals surface area contributed by atoms with Crippen LogP contribution in [0, 0.1) is 28.8 Å². The molecule has 220 valence electrons. The minimum absolute atomic E-state index is 0.00366. The highest BCUT2D eigenvalue weighted by Crippen LogP contribution is 2.37. The second kappa shape index (κ2) is 11.7. The summed E-state index contributed by atoms with van der Waals surface area (Å²) in [5.41, 5.74) is 6.94. The first-order chi connectivity index (χ1) is 20.8. The zero-order valence-electron chi connectivity index (χ0n) is 22.9. The van der Waals surface area contributed by atoms with Crippen LogP contribution in [0.25, 0.3) is 22.3 Å². The third-order valence-electron chi connectivity index (χ3n) is 7.70. The maximum Gasteiger partial charge on any atom is 0.264 e. The van der Waals surface area contributed by atoms with E-state index in [0.29, 0.717) is 30.4 Å². The summed E-state index contributed by atoms with van der Waals surface area (Å²) in [7, 11) is 0. The predicted molar refractivity (Wildman–Crippen MR) is 151 cm³/mol. The molecule has 1 unspecified atom stereocenters. The number of nitrogen functional groups attached to an aromatic ring is 1. The molecule has 43 heavy (non-hydrogen) atoms. The van der Waals surface area contributed by atoms with Gasteiger partial charge in [0.15, 0.2) is 17.2 Å². The number of piperidine rings is 1. The van der Waals surface area contributed by atoms with Crippen molar-refractivity contribution in [3.8, 4) is 28.8 Å². The number of rotatable bonds is 6. The number of fused-ring (bicyclic) bond motifs is 1. The van der Waals surface area contributed by atoms with E-state index in [1.807, 2.05) is 0 Å². The van der Waals surface area contributed by atoms with Crippen molar-refractivity contribution >= 4 is 22.8 Å². The standard InChI is InChI=1S/C30H27F3N8O2/c31-22-6-1-7-24(26(22)33)43-20-8-9-21(23(32)13-20)27-25-28(35)37-16-38-29(25)41(39-27)19-5-3-11-40(15-19)30(42)17(14-34)12-18-4-2-10-36-18/h1,6-9,12-13,16,18-19,36H,2-5,10-11,15H2,(H2,35,37,38)/b17-12+/t18?,19-/m1/s1. The fourth-order valence-electron chi connectivity index (χ4n) is 5.60. The molecule has 6 rings (SSSR count). The molecule has 0 saturated carbocycles. The van der Waals surface area contributed by atoms with Gasteiger partial charge in [0, 0.05) is 30.8 Å². The largest absolute Gasteiger partial charge is 0.454 e. The molecule has 2 aliphatic heterocycles. The molecule has 2 saturated heterocycles. The van der Waals surface area contributed by atoms with E-state index < -0.39 is 17.5 Å². The van der Waals surface area contributed by atoms with Gasteiger partial charge in [-0.2, -0.15) is 14.8 Å². The number of likely N-dealkylation sites (tertiary alicyclic amines) is 1. The number of hydrogen-bond acceptors (Lipinski definition) is 8. The predicted octanol–water partition coefficient (Wildman–Crippen LogP) is 4.65. The molecule has 3 N–H and O–H groups in total. The molecular formula is C30H27F3N8O2. The van der Waals surface area contributed by atoms with Crippen molar-refractivity contribution in [3.05, 3.63) is 71.8 Å². The third-order valence-corrected chi connectivity index (χ3v) is 7.70. The smallest absolute Gasteiger partial charge is 0.264 e. The summed E-state index contributed by atoms with van der Waals surface area (Å²) < 4.78 is 50.2. The molecule has 1 amide bonds. The van der Waals surface area contributed by atoms with Gasteiger partial charge in [-0.05, 0) is 62.6 Å². The lowest BCUT2D eigenvalue weighted by Gasteiger charge is -2.33. The maximum atomic E-state index is 15.5. The average molecular weight is 589 g/mol. The summed E-state index contributed by atoms with van der Waals surface area (Å²) in [6.07, 6.45) is 6.17. The van der Waals surface area contributed by atoms with Gasteiger partial charge in [-0.15, -0.1) is 0 Å². The number of anilines is 1. The minimum atomic E-state index is -1.19. The summed E-state index contributed by atoms with van der Waals surface area (Å²) in [6.45, 7) is 1.60. The second-order valence-corrected chi connectivity index (χ2v) is 10.5. The molecule has 10 nitrogen and oxygen atoms in total. The van der Waals surface area contributed by atoms with Crippen molar-refractivity contribution in [2.75, 3.05) is 25.4 Å². The molecule has 0 bridgehead atoms. The van der Waals surface area contributed by atoms with Gasteiger partial charge >= 0.3 is 0 Å². The van der Waals surface area contributed by atoms with Gasteiger partial charge in [0.2, 0.25) is 5.82 Å². The van der Waals surface area contributed by atoms with Crippen molar-refractivity contribution in [1.29, 1.82) is 5.26 Å². The number of aromatic nitrogens is 4. The molecule has 13 heteroatoms. The van der Waals surface area contributed by atoms with Crippen molar-refractivity contribution in [2.45, 2.75) is 37.8 Å². The first kappa shape index (κ1) is 28.2. The van der Waals surface area contributed by atoms with Crippen LogP contribution < -0.4 is 15.8 Å². The van der Waals surface area contributed by atoms with Crippen LogP contribution in [-0.2, 0) is 4.79 Å². The Kier molecular flexibility index (Phi) is 7.69. The maximum absolute atomic E-state index is 15.5. The summed E-state index contributed by atoms with van der Waals surface area (Å²) >= 11 is 0. The van der Waals surface area contributed by atoms with Crippen molar-refractivity contribution in [1.82, 2.24) is 30.0 Å². The van der Waals surface area contributed by atoms with E-state index in [1.54, 1.807) is 15.7 Å². The van der Waals surface area contributed by atoms with Crippen LogP contribution in [0.1, 0.15) is 31.7 Å². The number of nitriles is 1. The van der Waals surface area contributed by atoms with Crippen molar-refractivity contribution in [3.63, 3.8) is 0 Å². The molecular weight excluding hydrogens is 561 g/mol. The number of halogens is 3. The highest BCUT2D eigenvalue weighted by atomic mass is 19.2. The normalized spacial score (nSPS) is 19.0. The molecule has 2 atom stereocenters. The third kappa shape index (κ3) is 5.49. The monoisotopic (exact) mass is 588 g/mol. The van der Waals surface area contributed by atoms with E-state index in [4.69, 9.17) is 15.6 Å². The van der Waals surface area contributed by atoms with Gasteiger partial charge in [0.05, 0.1) is 11.4 Å². The molecule has 0 aliphatic carbocycles. The Morgan fingerprint density at radius 1 is 1.14 bits per heavy atom. The number of hydrogen-bond donors (Lipinski definition) is 2. The number of nitrogens with two attached hydrogens (primary N) is 1. The zero-order chi connectivity index (χ0) is 30.1. The number of nitrogens with one attached hydrogen (secondary N) is 1. The topological polar surface area (TPSA) is 135 Å². The van der Waals surface area contributed by atoms with E-state index in [2.05, 4.69) is 21.4 Å². The SMILES string of the molecule is N#C/C(=C\C1CCCN1)C(=O)N1CCC[C@@H](n2nc(-c3ccc(Oc4cccc(F)c4F)cc3F)c3c(N)ncnc32)C1. The fraction of sp³-hybridized carbons (Fsp3) is 0.300. The minimum Gasteiger partial charge on any atom is -0.454 e. The lowest BCUT2D eigenvalue weighted by molar-refractivity contribution is -0.128. The van der Waals surface area contributed by atoms with Crippen molar-refractivity contribution < 1.29 is 22.7 Å². The first-order valence-electron chi connectivity index (χ1n) is 13.9. The second-order valence-electron chi connectivity index (χ2n) is 10.5. The van der Waals surface area contributed by atoms with Crippen LogP contribution in [0.15, 0.2) is 54.4 Å².